The lowest BCUT2D eigenvalue weighted by atomic mass is 10.1. The van der Waals surface area contributed by atoms with Gasteiger partial charge in [0.15, 0.2) is 0 Å². The van der Waals surface area contributed by atoms with Crippen LogP contribution < -0.4 is 15.4 Å². The Morgan fingerprint density at radius 2 is 1.91 bits per heavy atom. The summed E-state index contributed by atoms with van der Waals surface area (Å²) >= 11 is 0. The monoisotopic (exact) mass is 313 g/mol. The number of carbonyl (C=O) groups excluding carboxylic acids is 1. The van der Waals surface area contributed by atoms with Gasteiger partial charge in [0.25, 0.3) is 0 Å². The summed E-state index contributed by atoms with van der Waals surface area (Å²) in [5.41, 5.74) is 0.719. The van der Waals surface area contributed by atoms with E-state index in [-0.39, 0.29) is 18.1 Å². The number of ether oxygens (including phenoxy) is 2. The minimum Gasteiger partial charge on any atom is -0.457 e. The number of pyridine rings is 1. The Hall–Kier alpha value is -2.44. The van der Waals surface area contributed by atoms with E-state index in [0.717, 1.165) is 5.69 Å². The fourth-order valence-corrected chi connectivity index (χ4v) is 2.40. The van der Waals surface area contributed by atoms with E-state index in [1.807, 2.05) is 31.2 Å². The minimum atomic E-state index is -0.337. The molecule has 23 heavy (non-hydrogen) atoms. The molecule has 1 fully saturated rings. The number of nitrogens with one attached hydrogen (secondary N) is 2. The van der Waals surface area contributed by atoms with Gasteiger partial charge in [0, 0.05) is 24.6 Å². The zero-order chi connectivity index (χ0) is 16.1. The molecule has 0 spiro atoms. The molecular formula is C17H19N3O3. The summed E-state index contributed by atoms with van der Waals surface area (Å²) in [4.78, 5) is 16.2. The maximum absolute atomic E-state index is 12.3. The van der Waals surface area contributed by atoms with E-state index in [1.165, 1.54) is 0 Å². The van der Waals surface area contributed by atoms with Crippen molar-refractivity contribution < 1.29 is 14.3 Å². The molecule has 0 aliphatic carbocycles. The molecule has 6 nitrogen and oxygen atoms in total. The number of amides is 1. The van der Waals surface area contributed by atoms with Gasteiger partial charge in [-0.15, -0.1) is 0 Å². The van der Waals surface area contributed by atoms with Crippen LogP contribution in [0.3, 0.4) is 0 Å². The number of morpholine rings is 1. The van der Waals surface area contributed by atoms with E-state index in [4.69, 9.17) is 9.47 Å². The predicted octanol–water partition coefficient (Wildman–Crippen LogP) is 2.19. The van der Waals surface area contributed by atoms with Crippen molar-refractivity contribution >= 4 is 11.6 Å². The van der Waals surface area contributed by atoms with Crippen LogP contribution in [0.25, 0.3) is 0 Å². The van der Waals surface area contributed by atoms with Crippen LogP contribution in [0.5, 0.6) is 11.5 Å². The van der Waals surface area contributed by atoms with Gasteiger partial charge >= 0.3 is 0 Å². The molecule has 2 atom stereocenters. The average molecular weight is 313 g/mol. The van der Waals surface area contributed by atoms with Crippen molar-refractivity contribution in [3.05, 3.63) is 48.8 Å². The van der Waals surface area contributed by atoms with Gasteiger partial charge in [0.1, 0.15) is 17.5 Å². The third-order valence-electron chi connectivity index (χ3n) is 3.61. The first-order valence-electron chi connectivity index (χ1n) is 7.56. The van der Waals surface area contributed by atoms with Gasteiger partial charge in [-0.1, -0.05) is 0 Å². The second-order valence-corrected chi connectivity index (χ2v) is 5.31. The maximum Gasteiger partial charge on any atom is 0.244 e. The van der Waals surface area contributed by atoms with Crippen LogP contribution in [-0.4, -0.2) is 36.2 Å². The summed E-state index contributed by atoms with van der Waals surface area (Å²) in [7, 11) is 0. The summed E-state index contributed by atoms with van der Waals surface area (Å²) in [6.07, 6.45) is 3.20. The molecule has 120 valence electrons. The standard InChI is InChI=1S/C17H19N3O3/c1-12-16(19-10-11-22-12)17(21)20-13-2-4-14(5-3-13)23-15-6-8-18-9-7-15/h2-9,12,16,19H,10-11H2,1H3,(H,20,21)/t12-,16+/m1/s1. The highest BCUT2D eigenvalue weighted by molar-refractivity contribution is 5.95. The first-order valence-corrected chi connectivity index (χ1v) is 7.56. The van der Waals surface area contributed by atoms with Crippen LogP contribution in [0.2, 0.25) is 0 Å². The number of anilines is 1. The number of aromatic nitrogens is 1. The van der Waals surface area contributed by atoms with Crippen LogP contribution in [-0.2, 0) is 9.53 Å². The van der Waals surface area contributed by atoms with Crippen LogP contribution in [0.1, 0.15) is 6.92 Å². The van der Waals surface area contributed by atoms with Gasteiger partial charge in [-0.2, -0.15) is 0 Å². The molecule has 2 heterocycles. The quantitative estimate of drug-likeness (QED) is 0.905. The molecule has 2 N–H and O–H groups in total. The molecule has 1 aromatic heterocycles. The largest absolute Gasteiger partial charge is 0.457 e. The van der Waals surface area contributed by atoms with E-state index in [0.29, 0.717) is 24.7 Å². The second-order valence-electron chi connectivity index (χ2n) is 5.31. The normalized spacial score (nSPS) is 20.7. The smallest absolute Gasteiger partial charge is 0.244 e. The van der Waals surface area contributed by atoms with Crippen molar-refractivity contribution in [1.82, 2.24) is 10.3 Å². The molecule has 1 aliphatic heterocycles. The van der Waals surface area contributed by atoms with Gasteiger partial charge in [-0.3, -0.25) is 9.78 Å². The lowest BCUT2D eigenvalue weighted by Gasteiger charge is -2.29. The Morgan fingerprint density at radius 1 is 1.22 bits per heavy atom. The molecule has 1 aliphatic rings. The Balaban J connectivity index is 1.60. The van der Waals surface area contributed by atoms with E-state index in [2.05, 4.69) is 15.6 Å². The average Bonchev–Trinajstić information content (AvgIpc) is 2.58. The molecule has 6 heteroatoms. The van der Waals surface area contributed by atoms with Crippen molar-refractivity contribution in [3.8, 4) is 11.5 Å². The van der Waals surface area contributed by atoms with Crippen LogP contribution >= 0.6 is 0 Å². The molecule has 1 amide bonds. The zero-order valence-corrected chi connectivity index (χ0v) is 12.9. The number of nitrogens with zero attached hydrogens (tertiary/aromatic N) is 1. The van der Waals surface area contributed by atoms with Crippen molar-refractivity contribution in [2.45, 2.75) is 19.1 Å². The summed E-state index contributed by atoms with van der Waals surface area (Å²) < 4.78 is 11.2. The molecule has 3 rings (SSSR count). The van der Waals surface area contributed by atoms with Gasteiger partial charge in [-0.05, 0) is 43.3 Å². The van der Waals surface area contributed by atoms with Crippen LogP contribution in [0.15, 0.2) is 48.8 Å². The SMILES string of the molecule is C[C@H]1OCCN[C@@H]1C(=O)Nc1ccc(Oc2ccncc2)cc1. The third kappa shape index (κ3) is 4.06. The number of hydrogen-bond acceptors (Lipinski definition) is 5. The Bertz CT molecular complexity index is 646. The maximum atomic E-state index is 12.3. The second kappa shape index (κ2) is 7.21. The van der Waals surface area contributed by atoms with Crippen molar-refractivity contribution in [3.63, 3.8) is 0 Å². The molecule has 0 unspecified atom stereocenters. The molecule has 0 bridgehead atoms. The third-order valence-corrected chi connectivity index (χ3v) is 3.61. The van der Waals surface area contributed by atoms with Crippen LogP contribution in [0, 0.1) is 0 Å². The summed E-state index contributed by atoms with van der Waals surface area (Å²) in [6, 6.07) is 10.5. The molecule has 1 saturated heterocycles. The highest BCUT2D eigenvalue weighted by Crippen LogP contribution is 2.22. The number of benzene rings is 1. The number of carbonyl (C=O) groups is 1. The zero-order valence-electron chi connectivity index (χ0n) is 12.9. The summed E-state index contributed by atoms with van der Waals surface area (Å²) in [5, 5.41) is 6.05. The molecule has 1 aromatic carbocycles. The van der Waals surface area contributed by atoms with E-state index < -0.39 is 0 Å². The summed E-state index contributed by atoms with van der Waals surface area (Å²) in [5.74, 6) is 1.32. The molecule has 0 saturated carbocycles. The van der Waals surface area contributed by atoms with Crippen LogP contribution in [0.4, 0.5) is 5.69 Å². The Kier molecular flexibility index (Phi) is 4.85. The topological polar surface area (TPSA) is 72.5 Å². The first-order chi connectivity index (χ1) is 11.2. The lowest BCUT2D eigenvalue weighted by Crippen LogP contribution is -2.53. The lowest BCUT2D eigenvalue weighted by molar-refractivity contribution is -0.123. The fraction of sp³-hybridized carbons (Fsp3) is 0.294. The van der Waals surface area contributed by atoms with E-state index in [1.54, 1.807) is 24.5 Å². The summed E-state index contributed by atoms with van der Waals surface area (Å²) in [6.45, 7) is 3.20. The van der Waals surface area contributed by atoms with Gasteiger partial charge in [0.05, 0.1) is 12.7 Å². The molecular weight excluding hydrogens is 294 g/mol. The van der Waals surface area contributed by atoms with Gasteiger partial charge in [0.2, 0.25) is 5.91 Å². The fourth-order valence-electron chi connectivity index (χ4n) is 2.40. The molecule has 0 radical (unpaired) electrons. The predicted molar refractivity (Wildman–Crippen MR) is 86.6 cm³/mol. The Labute approximate surface area is 134 Å². The highest BCUT2D eigenvalue weighted by atomic mass is 16.5. The van der Waals surface area contributed by atoms with E-state index in [9.17, 15) is 4.79 Å². The minimum absolute atomic E-state index is 0.0972. The van der Waals surface area contributed by atoms with Gasteiger partial charge in [-0.25, -0.2) is 0 Å². The van der Waals surface area contributed by atoms with Gasteiger partial charge < -0.3 is 20.1 Å². The highest BCUT2D eigenvalue weighted by Gasteiger charge is 2.28. The first kappa shape index (κ1) is 15.5. The van der Waals surface area contributed by atoms with Crippen molar-refractivity contribution in [2.75, 3.05) is 18.5 Å². The number of hydrogen-bond donors (Lipinski definition) is 2. The molecule has 2 aromatic rings. The van der Waals surface area contributed by atoms with Crippen molar-refractivity contribution in [2.24, 2.45) is 0 Å². The number of rotatable bonds is 4. The van der Waals surface area contributed by atoms with Crippen molar-refractivity contribution in [1.29, 1.82) is 0 Å². The Morgan fingerprint density at radius 3 is 2.61 bits per heavy atom. The van der Waals surface area contributed by atoms with E-state index >= 15 is 0 Å².